The summed E-state index contributed by atoms with van der Waals surface area (Å²) in [6, 6.07) is 11.4. The molecule has 1 N–H and O–H groups in total. The normalized spacial score (nSPS) is 12.7. The van der Waals surface area contributed by atoms with Gasteiger partial charge in [0.05, 0.1) is 22.8 Å². The molecule has 1 aliphatic rings. The SMILES string of the molecule is CC(C)n1ncc2c(C(=O)NCc3cccnc3N(C)C)cc(-c3ccc4c(c3)OCCO4)nc21. The zero-order valence-electron chi connectivity index (χ0n) is 20.3. The number of nitrogens with one attached hydrogen (secondary N) is 1. The summed E-state index contributed by atoms with van der Waals surface area (Å²) in [6.07, 6.45) is 3.45. The maximum atomic E-state index is 13.5. The zero-order chi connectivity index (χ0) is 24.5. The van der Waals surface area contributed by atoms with Crippen molar-refractivity contribution < 1.29 is 14.3 Å². The fourth-order valence-electron chi connectivity index (χ4n) is 4.18. The van der Waals surface area contributed by atoms with Crippen molar-refractivity contribution in [2.45, 2.75) is 26.4 Å². The number of nitrogens with zero attached hydrogens (tertiary/aromatic N) is 5. The maximum absolute atomic E-state index is 13.5. The molecule has 5 rings (SSSR count). The van der Waals surface area contributed by atoms with Crippen LogP contribution in [-0.4, -0.2) is 53.0 Å². The van der Waals surface area contributed by atoms with Crippen LogP contribution in [0, 0.1) is 0 Å². The van der Waals surface area contributed by atoms with Crippen LogP contribution in [0.1, 0.15) is 35.8 Å². The summed E-state index contributed by atoms with van der Waals surface area (Å²) in [6.45, 7) is 5.45. The highest BCUT2D eigenvalue weighted by molar-refractivity contribution is 6.06. The summed E-state index contributed by atoms with van der Waals surface area (Å²) in [5.41, 5.74) is 3.61. The third kappa shape index (κ3) is 4.37. The molecule has 3 aromatic heterocycles. The van der Waals surface area contributed by atoms with E-state index < -0.39 is 0 Å². The van der Waals surface area contributed by atoms with Gasteiger partial charge >= 0.3 is 0 Å². The van der Waals surface area contributed by atoms with Crippen LogP contribution in [0.5, 0.6) is 11.5 Å². The Kier molecular flexibility index (Phi) is 5.98. The van der Waals surface area contributed by atoms with Crippen LogP contribution < -0.4 is 19.7 Å². The van der Waals surface area contributed by atoms with Gasteiger partial charge in [-0.15, -0.1) is 0 Å². The lowest BCUT2D eigenvalue weighted by Gasteiger charge is -2.19. The number of carbonyl (C=O) groups is 1. The summed E-state index contributed by atoms with van der Waals surface area (Å²) in [5, 5.41) is 8.27. The second-order valence-electron chi connectivity index (χ2n) is 8.90. The Balaban J connectivity index is 1.54. The second kappa shape index (κ2) is 9.25. The number of aromatic nitrogens is 4. The van der Waals surface area contributed by atoms with Crippen LogP contribution in [-0.2, 0) is 6.54 Å². The lowest BCUT2D eigenvalue weighted by atomic mass is 10.1. The first kappa shape index (κ1) is 22.6. The molecule has 0 atom stereocenters. The van der Waals surface area contributed by atoms with Crippen LogP contribution in [0.4, 0.5) is 5.82 Å². The minimum atomic E-state index is -0.201. The summed E-state index contributed by atoms with van der Waals surface area (Å²) >= 11 is 0. The standard InChI is InChI=1S/C26H28N6O3/c1-16(2)32-25-20(15-29-32)19(26(33)28-14-18-6-5-9-27-24(18)31(3)4)13-21(30-25)17-7-8-22-23(12-17)35-11-10-34-22/h5-9,12-13,15-16H,10-11,14H2,1-4H3,(H,28,33). The zero-order valence-corrected chi connectivity index (χ0v) is 20.3. The molecule has 0 bridgehead atoms. The molecule has 0 spiro atoms. The highest BCUT2D eigenvalue weighted by Gasteiger charge is 2.20. The minimum absolute atomic E-state index is 0.0875. The van der Waals surface area contributed by atoms with Gasteiger partial charge in [0.15, 0.2) is 17.1 Å². The van der Waals surface area contributed by atoms with Crippen molar-refractivity contribution in [2.75, 3.05) is 32.2 Å². The Morgan fingerprint density at radius 3 is 2.71 bits per heavy atom. The fourth-order valence-corrected chi connectivity index (χ4v) is 4.18. The summed E-state index contributed by atoms with van der Waals surface area (Å²) < 4.78 is 13.2. The molecular weight excluding hydrogens is 444 g/mol. The molecular formula is C26H28N6O3. The molecule has 0 aliphatic carbocycles. The Morgan fingerprint density at radius 2 is 1.94 bits per heavy atom. The molecule has 1 amide bonds. The fraction of sp³-hybridized carbons (Fsp3) is 0.308. The van der Waals surface area contributed by atoms with E-state index in [0.717, 1.165) is 16.9 Å². The topological polar surface area (TPSA) is 94.4 Å². The van der Waals surface area contributed by atoms with Crippen LogP contribution >= 0.6 is 0 Å². The van der Waals surface area contributed by atoms with Crippen LogP contribution in [0.15, 0.2) is 48.8 Å². The van der Waals surface area contributed by atoms with E-state index in [-0.39, 0.29) is 11.9 Å². The van der Waals surface area contributed by atoms with Crippen molar-refractivity contribution in [1.29, 1.82) is 0 Å². The van der Waals surface area contributed by atoms with Crippen molar-refractivity contribution >= 4 is 22.8 Å². The average Bonchev–Trinajstić information content (AvgIpc) is 3.31. The first-order chi connectivity index (χ1) is 16.9. The van der Waals surface area contributed by atoms with Gasteiger partial charge in [-0.05, 0) is 44.2 Å². The summed E-state index contributed by atoms with van der Waals surface area (Å²) in [7, 11) is 3.86. The first-order valence-corrected chi connectivity index (χ1v) is 11.6. The van der Waals surface area contributed by atoms with E-state index in [9.17, 15) is 4.79 Å². The van der Waals surface area contributed by atoms with Gasteiger partial charge in [0.25, 0.3) is 5.91 Å². The largest absolute Gasteiger partial charge is 0.486 e. The predicted molar refractivity (Wildman–Crippen MR) is 134 cm³/mol. The molecule has 4 aromatic rings. The van der Waals surface area contributed by atoms with Gasteiger partial charge in [-0.25, -0.2) is 14.6 Å². The maximum Gasteiger partial charge on any atom is 0.252 e. The molecule has 35 heavy (non-hydrogen) atoms. The van der Waals surface area contributed by atoms with E-state index in [2.05, 4.69) is 15.4 Å². The van der Waals surface area contributed by atoms with Crippen molar-refractivity contribution in [1.82, 2.24) is 25.1 Å². The summed E-state index contributed by atoms with van der Waals surface area (Å²) in [4.78, 5) is 24.7. The predicted octanol–water partition coefficient (Wildman–Crippen LogP) is 3.84. The lowest BCUT2D eigenvalue weighted by molar-refractivity contribution is 0.0952. The van der Waals surface area contributed by atoms with Gasteiger partial charge in [0, 0.05) is 44.0 Å². The van der Waals surface area contributed by atoms with Gasteiger partial charge in [-0.3, -0.25) is 4.79 Å². The van der Waals surface area contributed by atoms with E-state index in [1.165, 1.54) is 0 Å². The molecule has 0 unspecified atom stereocenters. The molecule has 0 fully saturated rings. The van der Waals surface area contributed by atoms with E-state index in [0.29, 0.717) is 53.5 Å². The Labute approximate surface area is 203 Å². The number of hydrogen-bond donors (Lipinski definition) is 1. The molecule has 0 radical (unpaired) electrons. The number of benzene rings is 1. The minimum Gasteiger partial charge on any atom is -0.486 e. The van der Waals surface area contributed by atoms with Gasteiger partial charge < -0.3 is 19.7 Å². The molecule has 1 aromatic carbocycles. The smallest absolute Gasteiger partial charge is 0.252 e. The average molecular weight is 473 g/mol. The van der Waals surface area contributed by atoms with Crippen LogP contribution in [0.2, 0.25) is 0 Å². The van der Waals surface area contributed by atoms with Gasteiger partial charge in [-0.2, -0.15) is 5.10 Å². The molecule has 9 nitrogen and oxygen atoms in total. The third-order valence-corrected chi connectivity index (χ3v) is 5.87. The number of pyridine rings is 2. The second-order valence-corrected chi connectivity index (χ2v) is 8.90. The number of carbonyl (C=O) groups excluding carboxylic acids is 1. The van der Waals surface area contributed by atoms with Gasteiger partial charge in [0.2, 0.25) is 0 Å². The van der Waals surface area contributed by atoms with Gasteiger partial charge in [-0.1, -0.05) is 6.07 Å². The van der Waals surface area contributed by atoms with E-state index in [4.69, 9.17) is 14.5 Å². The van der Waals surface area contributed by atoms with E-state index >= 15 is 0 Å². The Morgan fingerprint density at radius 1 is 1.14 bits per heavy atom. The molecule has 0 saturated heterocycles. The van der Waals surface area contributed by atoms with Crippen LogP contribution in [0.25, 0.3) is 22.3 Å². The van der Waals surface area contributed by atoms with Crippen molar-refractivity contribution in [2.24, 2.45) is 0 Å². The number of fused-ring (bicyclic) bond motifs is 2. The molecule has 4 heterocycles. The highest BCUT2D eigenvalue weighted by Crippen LogP contribution is 2.35. The van der Waals surface area contributed by atoms with E-state index in [1.807, 2.05) is 73.9 Å². The highest BCUT2D eigenvalue weighted by atomic mass is 16.6. The molecule has 0 saturated carbocycles. The van der Waals surface area contributed by atoms with Crippen LogP contribution in [0.3, 0.4) is 0 Å². The van der Waals surface area contributed by atoms with Crippen molar-refractivity contribution in [3.8, 4) is 22.8 Å². The number of hydrogen-bond acceptors (Lipinski definition) is 7. The molecule has 9 heteroatoms. The quantitative estimate of drug-likeness (QED) is 0.456. The van der Waals surface area contributed by atoms with Crippen molar-refractivity contribution in [3.05, 3.63) is 59.9 Å². The van der Waals surface area contributed by atoms with Gasteiger partial charge in [0.1, 0.15) is 19.0 Å². The molecule has 180 valence electrons. The monoisotopic (exact) mass is 472 g/mol. The Hall–Kier alpha value is -4.14. The third-order valence-electron chi connectivity index (χ3n) is 5.87. The lowest BCUT2D eigenvalue weighted by Crippen LogP contribution is -2.25. The number of anilines is 1. The number of amides is 1. The first-order valence-electron chi connectivity index (χ1n) is 11.6. The summed E-state index contributed by atoms with van der Waals surface area (Å²) in [5.74, 6) is 2.00. The Bertz CT molecular complexity index is 1400. The van der Waals surface area contributed by atoms with E-state index in [1.54, 1.807) is 12.4 Å². The number of ether oxygens (including phenoxy) is 2. The molecule has 1 aliphatic heterocycles. The number of rotatable bonds is 6. The van der Waals surface area contributed by atoms with Crippen molar-refractivity contribution in [3.63, 3.8) is 0 Å².